The molecule has 0 spiro atoms. The van der Waals surface area contributed by atoms with Crippen LogP contribution in [0.15, 0.2) is 23.1 Å². The number of halogens is 1. The van der Waals surface area contributed by atoms with Crippen LogP contribution in [-0.2, 0) is 21.3 Å². The topological polar surface area (TPSA) is 116 Å². The monoisotopic (exact) mass is 429 g/mol. The van der Waals surface area contributed by atoms with Crippen LogP contribution in [-0.4, -0.2) is 63.9 Å². The van der Waals surface area contributed by atoms with Gasteiger partial charge in [0.2, 0.25) is 16.0 Å². The van der Waals surface area contributed by atoms with E-state index in [0.29, 0.717) is 32.3 Å². The minimum Gasteiger partial charge on any atom is -0.495 e. The van der Waals surface area contributed by atoms with Gasteiger partial charge < -0.3 is 19.1 Å². The zero-order chi connectivity index (χ0) is 20.1. The molecule has 0 saturated carbocycles. The van der Waals surface area contributed by atoms with Crippen LogP contribution in [0.4, 0.5) is 5.95 Å². The largest absolute Gasteiger partial charge is 0.495 e. The number of nitrogens with zero attached hydrogens (tertiary/aromatic N) is 4. The Hall–Kier alpha value is -2.21. The maximum atomic E-state index is 12.7. The van der Waals surface area contributed by atoms with Crippen molar-refractivity contribution in [2.24, 2.45) is 0 Å². The number of sulfonamides is 1. The van der Waals surface area contributed by atoms with E-state index in [1.54, 1.807) is 6.07 Å². The summed E-state index contributed by atoms with van der Waals surface area (Å²) in [6.07, 6.45) is 0. The first kappa shape index (κ1) is 20.5. The van der Waals surface area contributed by atoms with Crippen LogP contribution in [0.1, 0.15) is 5.82 Å². The van der Waals surface area contributed by atoms with Crippen molar-refractivity contribution in [3.8, 4) is 11.8 Å². The highest BCUT2D eigenvalue weighted by atomic mass is 35.5. The van der Waals surface area contributed by atoms with Gasteiger partial charge in [-0.25, -0.2) is 13.1 Å². The van der Waals surface area contributed by atoms with Gasteiger partial charge in [-0.1, -0.05) is 11.6 Å². The third kappa shape index (κ3) is 4.79. The highest BCUT2D eigenvalue weighted by molar-refractivity contribution is 7.89. The fourth-order valence-electron chi connectivity index (χ4n) is 2.56. The lowest BCUT2D eigenvalue weighted by atomic mass is 10.3. The molecule has 1 aromatic carbocycles. The smallest absolute Gasteiger partial charge is 0.321 e. The van der Waals surface area contributed by atoms with Crippen LogP contribution >= 0.6 is 11.6 Å². The van der Waals surface area contributed by atoms with Gasteiger partial charge in [0, 0.05) is 18.1 Å². The van der Waals surface area contributed by atoms with Gasteiger partial charge in [0.05, 0.1) is 34.0 Å². The summed E-state index contributed by atoms with van der Waals surface area (Å²) in [5, 5.41) is 0.276. The third-order valence-electron chi connectivity index (χ3n) is 3.96. The zero-order valence-corrected chi connectivity index (χ0v) is 17.0. The van der Waals surface area contributed by atoms with Crippen molar-refractivity contribution in [3.63, 3.8) is 0 Å². The predicted molar refractivity (Wildman–Crippen MR) is 101 cm³/mol. The molecule has 3 rings (SSSR count). The van der Waals surface area contributed by atoms with Crippen molar-refractivity contribution in [3.05, 3.63) is 29.0 Å². The average Bonchev–Trinajstić information content (AvgIpc) is 2.72. The summed E-state index contributed by atoms with van der Waals surface area (Å²) in [6.45, 7) is 2.21. The first-order chi connectivity index (χ1) is 13.4. The predicted octanol–water partition coefficient (Wildman–Crippen LogP) is 0.857. The highest BCUT2D eigenvalue weighted by Crippen LogP contribution is 2.27. The molecule has 1 aliphatic heterocycles. The molecule has 0 atom stereocenters. The number of nitrogens with one attached hydrogen (secondary N) is 1. The molecular weight excluding hydrogens is 410 g/mol. The van der Waals surface area contributed by atoms with E-state index in [1.807, 2.05) is 4.90 Å². The van der Waals surface area contributed by atoms with Gasteiger partial charge in [-0.15, -0.1) is 0 Å². The zero-order valence-electron chi connectivity index (χ0n) is 15.4. The third-order valence-corrected chi connectivity index (χ3v) is 5.62. The van der Waals surface area contributed by atoms with Crippen molar-refractivity contribution in [2.45, 2.75) is 11.4 Å². The molecule has 2 heterocycles. The van der Waals surface area contributed by atoms with Gasteiger partial charge in [-0.3, -0.25) is 0 Å². The summed E-state index contributed by atoms with van der Waals surface area (Å²) in [6, 6.07) is 4.45. The minimum atomic E-state index is -3.92. The Morgan fingerprint density at radius 3 is 2.61 bits per heavy atom. The summed E-state index contributed by atoms with van der Waals surface area (Å²) >= 11 is 5.93. The average molecular weight is 430 g/mol. The summed E-state index contributed by atoms with van der Waals surface area (Å²) in [5.41, 5.74) is 0. The second-order valence-electron chi connectivity index (χ2n) is 5.76. The molecule has 0 aliphatic carbocycles. The Morgan fingerprint density at radius 1 is 1.18 bits per heavy atom. The van der Waals surface area contributed by atoms with Crippen LogP contribution in [0.2, 0.25) is 5.02 Å². The van der Waals surface area contributed by atoms with E-state index in [-0.39, 0.29) is 34.0 Å². The van der Waals surface area contributed by atoms with Gasteiger partial charge in [-0.05, 0) is 18.2 Å². The minimum absolute atomic E-state index is 0.0723. The quantitative estimate of drug-likeness (QED) is 0.683. The molecule has 2 aromatic rings. The van der Waals surface area contributed by atoms with Gasteiger partial charge in [0.1, 0.15) is 10.6 Å². The Bertz CT molecular complexity index is 937. The van der Waals surface area contributed by atoms with Gasteiger partial charge in [0.15, 0.2) is 5.82 Å². The van der Waals surface area contributed by atoms with E-state index in [0.717, 1.165) is 0 Å². The van der Waals surface area contributed by atoms with E-state index in [1.165, 1.54) is 26.4 Å². The van der Waals surface area contributed by atoms with Crippen molar-refractivity contribution in [2.75, 3.05) is 45.4 Å². The number of morpholine rings is 1. The molecule has 1 aliphatic rings. The lowest BCUT2D eigenvalue weighted by Crippen LogP contribution is -2.37. The number of benzene rings is 1. The number of hydrogen-bond acceptors (Lipinski definition) is 9. The van der Waals surface area contributed by atoms with Gasteiger partial charge >= 0.3 is 6.01 Å². The van der Waals surface area contributed by atoms with Gasteiger partial charge in [0.25, 0.3) is 0 Å². The molecule has 10 nitrogen and oxygen atoms in total. The number of aromatic nitrogens is 3. The number of rotatable bonds is 7. The Balaban J connectivity index is 1.82. The second-order valence-corrected chi connectivity index (χ2v) is 7.93. The van der Waals surface area contributed by atoms with Gasteiger partial charge in [-0.2, -0.15) is 15.0 Å². The fraction of sp³-hybridized carbons (Fsp3) is 0.438. The first-order valence-electron chi connectivity index (χ1n) is 8.38. The Morgan fingerprint density at radius 2 is 1.93 bits per heavy atom. The highest BCUT2D eigenvalue weighted by Gasteiger charge is 2.22. The second kappa shape index (κ2) is 8.86. The van der Waals surface area contributed by atoms with E-state index < -0.39 is 10.0 Å². The fourth-order valence-corrected chi connectivity index (χ4v) is 3.97. The summed E-state index contributed by atoms with van der Waals surface area (Å²) < 4.78 is 43.4. The normalized spacial score (nSPS) is 14.8. The van der Waals surface area contributed by atoms with Crippen molar-refractivity contribution in [1.29, 1.82) is 0 Å². The lowest BCUT2D eigenvalue weighted by molar-refractivity contribution is 0.122. The molecule has 1 fully saturated rings. The van der Waals surface area contributed by atoms with Crippen LogP contribution < -0.4 is 19.1 Å². The number of ether oxygens (including phenoxy) is 3. The lowest BCUT2D eigenvalue weighted by Gasteiger charge is -2.26. The summed E-state index contributed by atoms with van der Waals surface area (Å²) in [7, 11) is -1.10. The molecule has 0 bridgehead atoms. The van der Waals surface area contributed by atoms with E-state index in [4.69, 9.17) is 25.8 Å². The molecule has 152 valence electrons. The SMILES string of the molecule is COc1nc(CNS(=O)(=O)c2cc(Cl)ccc2OC)nc(N2CCOCC2)n1. The molecule has 0 amide bonds. The standard InChI is InChI=1S/C16H20ClN5O5S/c1-25-12-4-3-11(17)9-13(12)28(23,24)18-10-14-19-15(21-16(20-14)26-2)22-5-7-27-8-6-22/h3-4,9,18H,5-8,10H2,1-2H3. The first-order valence-corrected chi connectivity index (χ1v) is 10.2. The molecule has 0 radical (unpaired) electrons. The molecule has 12 heteroatoms. The maximum absolute atomic E-state index is 12.7. The molecule has 1 N–H and O–H groups in total. The molecule has 1 aromatic heterocycles. The molecule has 0 unspecified atom stereocenters. The number of methoxy groups -OCH3 is 2. The van der Waals surface area contributed by atoms with Crippen LogP contribution in [0.25, 0.3) is 0 Å². The Kier molecular flexibility index (Phi) is 6.50. The van der Waals surface area contributed by atoms with E-state index in [9.17, 15) is 8.42 Å². The number of hydrogen-bond donors (Lipinski definition) is 1. The Labute approximate surface area is 167 Å². The van der Waals surface area contributed by atoms with Crippen LogP contribution in [0.5, 0.6) is 11.8 Å². The van der Waals surface area contributed by atoms with E-state index >= 15 is 0 Å². The van der Waals surface area contributed by atoms with Crippen molar-refractivity contribution in [1.82, 2.24) is 19.7 Å². The van der Waals surface area contributed by atoms with Crippen LogP contribution in [0.3, 0.4) is 0 Å². The van der Waals surface area contributed by atoms with Crippen molar-refractivity contribution < 1.29 is 22.6 Å². The molecular formula is C16H20ClN5O5S. The summed E-state index contributed by atoms with van der Waals surface area (Å²) in [5.74, 6) is 0.807. The van der Waals surface area contributed by atoms with Crippen molar-refractivity contribution >= 4 is 27.6 Å². The molecule has 1 saturated heterocycles. The maximum Gasteiger partial charge on any atom is 0.321 e. The summed E-state index contributed by atoms with van der Waals surface area (Å²) in [4.78, 5) is 14.5. The van der Waals surface area contributed by atoms with Crippen LogP contribution in [0, 0.1) is 0 Å². The van der Waals surface area contributed by atoms with E-state index in [2.05, 4.69) is 19.7 Å². The molecule has 28 heavy (non-hydrogen) atoms. The number of anilines is 1.